The molecule has 0 aliphatic heterocycles. The lowest BCUT2D eigenvalue weighted by Gasteiger charge is -2.26. The number of carbonyl (C=O) groups excluding carboxylic acids is 2. The maximum absolute atomic E-state index is 12.1. The van der Waals surface area contributed by atoms with Crippen LogP contribution in [0.25, 0.3) is 0 Å². The molecule has 1 fully saturated rings. The number of nitrogens with one attached hydrogen (secondary N) is 1. The van der Waals surface area contributed by atoms with E-state index in [1.165, 1.54) is 17.5 Å². The van der Waals surface area contributed by atoms with Crippen molar-refractivity contribution in [3.05, 3.63) is 29.8 Å². The van der Waals surface area contributed by atoms with E-state index in [4.69, 9.17) is 0 Å². The van der Waals surface area contributed by atoms with Gasteiger partial charge in [-0.05, 0) is 44.0 Å². The Hall–Kier alpha value is -1.73. The Labute approximate surface area is 143 Å². The molecule has 0 bridgehead atoms. The molecule has 0 radical (unpaired) electrons. The van der Waals surface area contributed by atoms with Crippen LogP contribution in [0.5, 0.6) is 0 Å². The van der Waals surface area contributed by atoms with Crippen molar-refractivity contribution in [3.8, 4) is 0 Å². The van der Waals surface area contributed by atoms with Crippen LogP contribution in [0.2, 0.25) is 0 Å². The van der Waals surface area contributed by atoms with Crippen LogP contribution in [0.3, 0.4) is 0 Å². The fourth-order valence-electron chi connectivity index (χ4n) is 3.03. The quantitative estimate of drug-likeness (QED) is 0.764. The Morgan fingerprint density at radius 3 is 2.25 bits per heavy atom. The van der Waals surface area contributed by atoms with Crippen molar-refractivity contribution in [1.82, 2.24) is 4.31 Å². The number of sulfonamides is 1. The average molecular weight is 352 g/mol. The number of Topliss-reactive ketones (excluding diaryl/α,β-unsaturated/α-hetero) is 1. The van der Waals surface area contributed by atoms with Gasteiger partial charge < -0.3 is 5.32 Å². The van der Waals surface area contributed by atoms with Crippen LogP contribution in [0, 0.1) is 0 Å². The summed E-state index contributed by atoms with van der Waals surface area (Å²) in [6.45, 7) is 1.68. The van der Waals surface area contributed by atoms with E-state index in [2.05, 4.69) is 5.32 Å². The second-order valence-corrected chi connectivity index (χ2v) is 8.18. The second-order valence-electron chi connectivity index (χ2n) is 6.24. The number of benzene rings is 1. The number of amides is 1. The zero-order valence-electron chi connectivity index (χ0n) is 14.1. The minimum absolute atomic E-state index is 0.0163. The van der Waals surface area contributed by atoms with E-state index in [1.54, 1.807) is 24.3 Å². The highest BCUT2D eigenvalue weighted by atomic mass is 32.2. The molecule has 1 aromatic carbocycles. The molecule has 24 heavy (non-hydrogen) atoms. The van der Waals surface area contributed by atoms with Gasteiger partial charge in [0.25, 0.3) is 0 Å². The summed E-state index contributed by atoms with van der Waals surface area (Å²) in [6, 6.07) is 6.65. The van der Waals surface area contributed by atoms with Crippen LogP contribution in [-0.2, 0) is 14.8 Å². The Kier molecular flexibility index (Phi) is 6.12. The molecule has 6 nitrogen and oxygen atoms in total. The molecule has 0 heterocycles. The van der Waals surface area contributed by atoms with Gasteiger partial charge in [0.1, 0.15) is 0 Å². The van der Waals surface area contributed by atoms with E-state index in [1.807, 2.05) is 0 Å². The third kappa shape index (κ3) is 5.14. The molecule has 0 unspecified atom stereocenters. The zero-order valence-corrected chi connectivity index (χ0v) is 14.9. The molecule has 1 aliphatic rings. The Bertz CT molecular complexity index is 692. The Morgan fingerprint density at radius 1 is 1.17 bits per heavy atom. The topological polar surface area (TPSA) is 83.6 Å². The van der Waals surface area contributed by atoms with E-state index in [0.29, 0.717) is 11.3 Å². The molecule has 0 atom stereocenters. The summed E-state index contributed by atoms with van der Waals surface area (Å²) in [5, 5.41) is 2.73. The fraction of sp³-hybridized carbons (Fsp3) is 0.529. The van der Waals surface area contributed by atoms with Gasteiger partial charge in [-0.3, -0.25) is 9.59 Å². The molecule has 2 rings (SSSR count). The summed E-state index contributed by atoms with van der Waals surface area (Å²) >= 11 is 0. The summed E-state index contributed by atoms with van der Waals surface area (Å²) in [5.41, 5.74) is 1.18. The summed E-state index contributed by atoms with van der Waals surface area (Å²) in [5.74, 6) is -0.273. The summed E-state index contributed by atoms with van der Waals surface area (Å²) in [6.07, 6.45) is 5.10. The number of hydrogen-bond donors (Lipinski definition) is 1. The number of anilines is 1. The number of carbonyl (C=O) groups is 2. The molecule has 1 saturated carbocycles. The van der Waals surface area contributed by atoms with Crippen LogP contribution in [-0.4, -0.2) is 43.3 Å². The van der Waals surface area contributed by atoms with Crippen LogP contribution in [0.15, 0.2) is 24.3 Å². The standard InChI is InChI=1S/C17H24N2O4S/c1-13(20)14-7-9-15(10-8-14)18-17(21)11-12-19(24(2,22)23)16-5-3-4-6-16/h7-10,16H,3-6,11-12H2,1-2H3,(H,18,21). The van der Waals surface area contributed by atoms with Gasteiger partial charge in [0.05, 0.1) is 6.26 Å². The summed E-state index contributed by atoms with van der Waals surface area (Å²) in [7, 11) is -3.32. The van der Waals surface area contributed by atoms with Gasteiger partial charge in [0.15, 0.2) is 5.78 Å². The molecule has 132 valence electrons. The highest BCUT2D eigenvalue weighted by molar-refractivity contribution is 7.88. The normalized spacial score (nSPS) is 15.6. The van der Waals surface area contributed by atoms with Gasteiger partial charge in [0.2, 0.25) is 15.9 Å². The van der Waals surface area contributed by atoms with Gasteiger partial charge in [-0.15, -0.1) is 0 Å². The van der Waals surface area contributed by atoms with Gasteiger partial charge in [-0.2, -0.15) is 4.31 Å². The minimum atomic E-state index is -3.32. The predicted molar refractivity (Wildman–Crippen MR) is 93.5 cm³/mol. The predicted octanol–water partition coefficient (Wildman–Crippen LogP) is 2.42. The third-order valence-corrected chi connectivity index (χ3v) is 5.63. The summed E-state index contributed by atoms with van der Waals surface area (Å²) in [4.78, 5) is 23.3. The molecular formula is C17H24N2O4S. The van der Waals surface area contributed by atoms with E-state index in [9.17, 15) is 18.0 Å². The van der Waals surface area contributed by atoms with Crippen molar-refractivity contribution < 1.29 is 18.0 Å². The van der Waals surface area contributed by atoms with Gasteiger partial charge in [0, 0.05) is 30.3 Å². The van der Waals surface area contributed by atoms with E-state index in [0.717, 1.165) is 25.7 Å². The minimum Gasteiger partial charge on any atom is -0.326 e. The SMILES string of the molecule is CC(=O)c1ccc(NC(=O)CCN(C2CCCC2)S(C)(=O)=O)cc1. The lowest BCUT2D eigenvalue weighted by atomic mass is 10.1. The third-order valence-electron chi connectivity index (χ3n) is 4.29. The molecule has 0 saturated heterocycles. The van der Waals surface area contributed by atoms with Crippen LogP contribution < -0.4 is 5.32 Å². The Morgan fingerprint density at radius 2 is 1.75 bits per heavy atom. The molecule has 1 N–H and O–H groups in total. The molecule has 1 amide bonds. The smallest absolute Gasteiger partial charge is 0.225 e. The largest absolute Gasteiger partial charge is 0.326 e. The first-order valence-corrected chi connectivity index (χ1v) is 10.00. The molecule has 7 heteroatoms. The van der Waals surface area contributed by atoms with Crippen molar-refractivity contribution in [2.24, 2.45) is 0 Å². The zero-order chi connectivity index (χ0) is 17.7. The van der Waals surface area contributed by atoms with Crippen molar-refractivity contribution in [2.75, 3.05) is 18.1 Å². The van der Waals surface area contributed by atoms with Crippen molar-refractivity contribution in [2.45, 2.75) is 45.1 Å². The number of hydrogen-bond acceptors (Lipinski definition) is 4. The number of rotatable bonds is 7. The highest BCUT2D eigenvalue weighted by Gasteiger charge is 2.29. The van der Waals surface area contributed by atoms with Crippen molar-refractivity contribution >= 4 is 27.4 Å². The van der Waals surface area contributed by atoms with Gasteiger partial charge in [-0.1, -0.05) is 12.8 Å². The molecular weight excluding hydrogens is 328 g/mol. The molecule has 1 aliphatic carbocycles. The maximum Gasteiger partial charge on any atom is 0.225 e. The molecule has 0 aromatic heterocycles. The van der Waals surface area contributed by atoms with E-state index >= 15 is 0 Å². The first-order chi connectivity index (χ1) is 11.3. The van der Waals surface area contributed by atoms with E-state index in [-0.39, 0.29) is 30.7 Å². The van der Waals surface area contributed by atoms with Crippen molar-refractivity contribution in [1.29, 1.82) is 0 Å². The molecule has 1 aromatic rings. The highest BCUT2D eigenvalue weighted by Crippen LogP contribution is 2.25. The van der Waals surface area contributed by atoms with Crippen molar-refractivity contribution in [3.63, 3.8) is 0 Å². The van der Waals surface area contributed by atoms with Crippen LogP contribution in [0.1, 0.15) is 49.4 Å². The monoisotopic (exact) mass is 352 g/mol. The average Bonchev–Trinajstić information content (AvgIpc) is 3.00. The maximum atomic E-state index is 12.1. The lowest BCUT2D eigenvalue weighted by Crippen LogP contribution is -2.39. The van der Waals surface area contributed by atoms with E-state index < -0.39 is 10.0 Å². The number of ketones is 1. The summed E-state index contributed by atoms with van der Waals surface area (Å²) < 4.78 is 25.4. The van der Waals surface area contributed by atoms with Gasteiger partial charge >= 0.3 is 0 Å². The van der Waals surface area contributed by atoms with Gasteiger partial charge in [-0.25, -0.2) is 8.42 Å². The first-order valence-electron chi connectivity index (χ1n) is 8.15. The fourth-order valence-corrected chi connectivity index (χ4v) is 4.21. The molecule has 0 spiro atoms. The first kappa shape index (κ1) is 18.6. The van der Waals surface area contributed by atoms with Crippen LogP contribution in [0.4, 0.5) is 5.69 Å². The number of nitrogens with zero attached hydrogens (tertiary/aromatic N) is 1. The Balaban J connectivity index is 1.92. The second kappa shape index (κ2) is 7.90. The van der Waals surface area contributed by atoms with Crippen LogP contribution >= 0.6 is 0 Å². The lowest BCUT2D eigenvalue weighted by molar-refractivity contribution is -0.116.